The third-order valence-corrected chi connectivity index (χ3v) is 4.06. The number of ether oxygens (including phenoxy) is 1. The highest BCUT2D eigenvalue weighted by molar-refractivity contribution is 7.99. The van der Waals surface area contributed by atoms with Gasteiger partial charge in [0.15, 0.2) is 0 Å². The standard InChI is InChI=1S/C13H19NOS/c1-15-10-12-6-5-9-14(12)11-16-13-7-3-2-4-8-13/h2-4,7-8,12H,5-6,9-11H2,1H3/t12-/m0/s1. The van der Waals surface area contributed by atoms with E-state index in [0.717, 1.165) is 12.5 Å². The maximum Gasteiger partial charge on any atom is 0.0618 e. The third kappa shape index (κ3) is 3.24. The summed E-state index contributed by atoms with van der Waals surface area (Å²) in [6, 6.07) is 11.2. The maximum atomic E-state index is 5.26. The highest BCUT2D eigenvalue weighted by Gasteiger charge is 2.23. The molecule has 2 rings (SSSR count). The van der Waals surface area contributed by atoms with Crippen molar-refractivity contribution in [2.75, 3.05) is 26.1 Å². The largest absolute Gasteiger partial charge is 0.383 e. The number of nitrogens with zero attached hydrogens (tertiary/aromatic N) is 1. The lowest BCUT2D eigenvalue weighted by atomic mass is 10.2. The normalized spacial score (nSPS) is 21.4. The predicted octanol–water partition coefficient (Wildman–Crippen LogP) is 2.85. The smallest absolute Gasteiger partial charge is 0.0618 e. The fraction of sp³-hybridized carbons (Fsp3) is 0.538. The van der Waals surface area contributed by atoms with E-state index in [0.29, 0.717) is 6.04 Å². The van der Waals surface area contributed by atoms with Crippen LogP contribution < -0.4 is 0 Å². The summed E-state index contributed by atoms with van der Waals surface area (Å²) in [5.41, 5.74) is 0. The minimum absolute atomic E-state index is 0.626. The predicted molar refractivity (Wildman–Crippen MR) is 68.8 cm³/mol. The molecule has 88 valence electrons. The van der Waals surface area contributed by atoms with Gasteiger partial charge in [0.2, 0.25) is 0 Å². The van der Waals surface area contributed by atoms with Crippen LogP contribution in [0, 0.1) is 0 Å². The number of benzene rings is 1. The van der Waals surface area contributed by atoms with Crippen molar-refractivity contribution in [3.8, 4) is 0 Å². The molecule has 3 heteroatoms. The summed E-state index contributed by atoms with van der Waals surface area (Å²) in [4.78, 5) is 3.88. The Hall–Kier alpha value is -0.510. The quantitative estimate of drug-likeness (QED) is 0.731. The first-order chi connectivity index (χ1) is 7.90. The first-order valence-corrected chi connectivity index (χ1v) is 6.79. The van der Waals surface area contributed by atoms with Crippen LogP contribution in [0.3, 0.4) is 0 Å². The Morgan fingerprint density at radius 2 is 2.19 bits per heavy atom. The van der Waals surface area contributed by atoms with Crippen LogP contribution in [0.4, 0.5) is 0 Å². The molecule has 0 amide bonds. The lowest BCUT2D eigenvalue weighted by Crippen LogP contribution is -2.32. The van der Waals surface area contributed by atoms with Gasteiger partial charge in [-0.1, -0.05) is 18.2 Å². The second-order valence-electron chi connectivity index (χ2n) is 4.15. The van der Waals surface area contributed by atoms with Gasteiger partial charge in [0, 0.05) is 23.9 Å². The molecule has 0 radical (unpaired) electrons. The zero-order chi connectivity index (χ0) is 11.2. The van der Waals surface area contributed by atoms with Crippen molar-refractivity contribution in [1.29, 1.82) is 0 Å². The summed E-state index contributed by atoms with van der Waals surface area (Å²) >= 11 is 1.92. The van der Waals surface area contributed by atoms with Gasteiger partial charge in [-0.15, -0.1) is 11.8 Å². The third-order valence-electron chi connectivity index (χ3n) is 3.00. The first-order valence-electron chi connectivity index (χ1n) is 5.81. The van der Waals surface area contributed by atoms with Gasteiger partial charge in [-0.25, -0.2) is 0 Å². The van der Waals surface area contributed by atoms with Gasteiger partial charge in [0.05, 0.1) is 6.61 Å². The number of methoxy groups -OCH3 is 1. The van der Waals surface area contributed by atoms with Gasteiger partial charge in [-0.3, -0.25) is 4.90 Å². The molecule has 1 heterocycles. The molecular formula is C13H19NOS. The van der Waals surface area contributed by atoms with Gasteiger partial charge in [-0.05, 0) is 31.5 Å². The summed E-state index contributed by atoms with van der Waals surface area (Å²) in [5, 5.41) is 0. The van der Waals surface area contributed by atoms with E-state index in [9.17, 15) is 0 Å². The molecule has 1 aliphatic heterocycles. The molecule has 0 aromatic heterocycles. The Kier molecular flexibility index (Phi) is 4.69. The Morgan fingerprint density at radius 3 is 2.94 bits per heavy atom. The van der Waals surface area contributed by atoms with Crippen LogP contribution in [-0.2, 0) is 4.74 Å². The second-order valence-corrected chi connectivity index (χ2v) is 5.17. The molecule has 0 N–H and O–H groups in total. The van der Waals surface area contributed by atoms with Crippen LogP contribution in [-0.4, -0.2) is 37.1 Å². The molecule has 2 nitrogen and oxygen atoms in total. The fourth-order valence-corrected chi connectivity index (χ4v) is 3.12. The number of hydrogen-bond acceptors (Lipinski definition) is 3. The van der Waals surface area contributed by atoms with E-state index in [4.69, 9.17) is 4.74 Å². The summed E-state index contributed by atoms with van der Waals surface area (Å²) in [6.07, 6.45) is 2.59. The fourth-order valence-electron chi connectivity index (χ4n) is 2.12. The molecule has 1 atom stereocenters. The van der Waals surface area contributed by atoms with Gasteiger partial charge < -0.3 is 4.74 Å². The monoisotopic (exact) mass is 237 g/mol. The van der Waals surface area contributed by atoms with E-state index in [2.05, 4.69) is 35.2 Å². The van der Waals surface area contributed by atoms with Crippen molar-refractivity contribution < 1.29 is 4.74 Å². The van der Waals surface area contributed by atoms with Crippen LogP contribution in [0.1, 0.15) is 12.8 Å². The van der Waals surface area contributed by atoms with Crippen LogP contribution >= 0.6 is 11.8 Å². The maximum absolute atomic E-state index is 5.26. The molecule has 1 saturated heterocycles. The molecule has 1 aliphatic rings. The second kappa shape index (κ2) is 6.28. The minimum Gasteiger partial charge on any atom is -0.383 e. The van der Waals surface area contributed by atoms with Crippen LogP contribution in [0.2, 0.25) is 0 Å². The number of likely N-dealkylation sites (tertiary alicyclic amines) is 1. The number of rotatable bonds is 5. The van der Waals surface area contributed by atoms with Crippen LogP contribution in [0.5, 0.6) is 0 Å². The first kappa shape index (κ1) is 12.0. The molecule has 1 aromatic carbocycles. The SMILES string of the molecule is COC[C@@H]1CCCN1CSc1ccccc1. The van der Waals surface area contributed by atoms with Gasteiger partial charge in [0.1, 0.15) is 0 Å². The van der Waals surface area contributed by atoms with Crippen molar-refractivity contribution in [1.82, 2.24) is 4.90 Å². The summed E-state index contributed by atoms with van der Waals surface area (Å²) in [6.45, 7) is 2.09. The average Bonchev–Trinajstić information content (AvgIpc) is 2.76. The zero-order valence-corrected chi connectivity index (χ0v) is 10.6. The van der Waals surface area contributed by atoms with E-state index in [1.54, 1.807) is 7.11 Å². The Balaban J connectivity index is 1.81. The molecule has 0 bridgehead atoms. The topological polar surface area (TPSA) is 12.5 Å². The lowest BCUT2D eigenvalue weighted by molar-refractivity contribution is 0.126. The van der Waals surface area contributed by atoms with E-state index in [1.165, 1.54) is 24.3 Å². The Labute approximate surface area is 102 Å². The molecule has 0 saturated carbocycles. The van der Waals surface area contributed by atoms with E-state index < -0.39 is 0 Å². The van der Waals surface area contributed by atoms with Crippen molar-refractivity contribution in [2.24, 2.45) is 0 Å². The zero-order valence-electron chi connectivity index (χ0n) is 9.76. The molecule has 0 spiro atoms. The molecular weight excluding hydrogens is 218 g/mol. The number of hydrogen-bond donors (Lipinski definition) is 0. The summed E-state index contributed by atoms with van der Waals surface area (Å²) < 4.78 is 5.26. The highest BCUT2D eigenvalue weighted by atomic mass is 32.2. The average molecular weight is 237 g/mol. The highest BCUT2D eigenvalue weighted by Crippen LogP contribution is 2.24. The van der Waals surface area contributed by atoms with Crippen molar-refractivity contribution in [3.05, 3.63) is 30.3 Å². The molecule has 16 heavy (non-hydrogen) atoms. The molecule has 0 aliphatic carbocycles. The van der Waals surface area contributed by atoms with Gasteiger partial charge in [-0.2, -0.15) is 0 Å². The van der Waals surface area contributed by atoms with E-state index in [-0.39, 0.29) is 0 Å². The van der Waals surface area contributed by atoms with E-state index in [1.807, 2.05) is 11.8 Å². The molecule has 0 unspecified atom stereocenters. The van der Waals surface area contributed by atoms with Crippen LogP contribution in [0.25, 0.3) is 0 Å². The van der Waals surface area contributed by atoms with E-state index >= 15 is 0 Å². The van der Waals surface area contributed by atoms with Crippen molar-refractivity contribution in [3.63, 3.8) is 0 Å². The van der Waals surface area contributed by atoms with Gasteiger partial charge >= 0.3 is 0 Å². The lowest BCUT2D eigenvalue weighted by Gasteiger charge is -2.23. The molecule has 1 fully saturated rings. The van der Waals surface area contributed by atoms with Gasteiger partial charge in [0.25, 0.3) is 0 Å². The summed E-state index contributed by atoms with van der Waals surface area (Å²) in [5.74, 6) is 1.08. The van der Waals surface area contributed by atoms with Crippen molar-refractivity contribution >= 4 is 11.8 Å². The molecule has 1 aromatic rings. The van der Waals surface area contributed by atoms with Crippen LogP contribution in [0.15, 0.2) is 35.2 Å². The Bertz CT molecular complexity index is 304. The Morgan fingerprint density at radius 1 is 1.38 bits per heavy atom. The van der Waals surface area contributed by atoms with Crippen molar-refractivity contribution in [2.45, 2.75) is 23.8 Å². The summed E-state index contributed by atoms with van der Waals surface area (Å²) in [7, 11) is 1.79. The minimum atomic E-state index is 0.626. The number of thioether (sulfide) groups is 1.